The second-order valence-corrected chi connectivity index (χ2v) is 4.59. The van der Waals surface area contributed by atoms with E-state index in [1.807, 2.05) is 6.92 Å². The van der Waals surface area contributed by atoms with Gasteiger partial charge in [-0.25, -0.2) is 0 Å². The first kappa shape index (κ1) is 13.0. The third-order valence-electron chi connectivity index (χ3n) is 3.43. The first-order valence-electron chi connectivity index (χ1n) is 6.35. The molecule has 0 radical (unpaired) electrons. The number of nitrogens with one attached hydrogen (secondary N) is 1. The van der Waals surface area contributed by atoms with E-state index in [9.17, 15) is 4.79 Å². The molecule has 0 spiro atoms. The van der Waals surface area contributed by atoms with Gasteiger partial charge in [-0.1, -0.05) is 24.9 Å². The van der Waals surface area contributed by atoms with E-state index in [0.29, 0.717) is 18.3 Å². The highest BCUT2D eigenvalue weighted by atomic mass is 16.5. The molecule has 1 fully saturated rings. The minimum absolute atomic E-state index is 0.195. The number of carbonyl (C=O) groups excluding carboxylic acids is 1. The van der Waals surface area contributed by atoms with Gasteiger partial charge in [-0.3, -0.25) is 10.1 Å². The summed E-state index contributed by atoms with van der Waals surface area (Å²) in [6, 6.07) is 0. The van der Waals surface area contributed by atoms with Gasteiger partial charge in [0.2, 0.25) is 5.89 Å². The zero-order chi connectivity index (χ0) is 13.0. The summed E-state index contributed by atoms with van der Waals surface area (Å²) < 4.78 is 9.92. The Hall–Kier alpha value is -1.43. The summed E-state index contributed by atoms with van der Waals surface area (Å²) in [7, 11) is 1.42. The van der Waals surface area contributed by atoms with Crippen LogP contribution in [0.1, 0.15) is 44.3 Å². The summed E-state index contributed by atoms with van der Waals surface area (Å²) in [5, 5.41) is 7.10. The molecule has 1 saturated carbocycles. The molecule has 1 aromatic heterocycles. The molecule has 6 nitrogen and oxygen atoms in total. The van der Waals surface area contributed by atoms with E-state index in [2.05, 4.69) is 15.5 Å². The van der Waals surface area contributed by atoms with Crippen molar-refractivity contribution in [3.8, 4) is 0 Å². The molecule has 1 aliphatic carbocycles. The molecule has 0 aromatic carbocycles. The van der Waals surface area contributed by atoms with Gasteiger partial charge in [0.25, 0.3) is 0 Å². The fraction of sp³-hybridized carbons (Fsp3) is 0.750. The highest BCUT2D eigenvalue weighted by Gasteiger charge is 2.41. The second-order valence-electron chi connectivity index (χ2n) is 4.59. The molecule has 18 heavy (non-hydrogen) atoms. The first-order valence-corrected chi connectivity index (χ1v) is 6.35. The Kier molecular flexibility index (Phi) is 3.96. The normalized spacial score (nSPS) is 17.9. The highest BCUT2D eigenvalue weighted by molar-refractivity contribution is 5.81. The van der Waals surface area contributed by atoms with Crippen LogP contribution >= 0.6 is 0 Å². The lowest BCUT2D eigenvalue weighted by Gasteiger charge is -2.26. The monoisotopic (exact) mass is 253 g/mol. The highest BCUT2D eigenvalue weighted by Crippen LogP contribution is 2.31. The van der Waals surface area contributed by atoms with Gasteiger partial charge in [-0.2, -0.15) is 4.98 Å². The standard InChI is InChI=1S/C12H19N3O3/c1-3-10-14-9(15-18-10)8-13-12(11(16)17-2)6-4-5-7-12/h13H,3-8H2,1-2H3. The predicted molar refractivity (Wildman–Crippen MR) is 63.7 cm³/mol. The van der Waals surface area contributed by atoms with Crippen molar-refractivity contribution >= 4 is 5.97 Å². The van der Waals surface area contributed by atoms with Gasteiger partial charge in [-0.15, -0.1) is 0 Å². The summed E-state index contributed by atoms with van der Waals surface area (Å²) in [4.78, 5) is 16.1. The Morgan fingerprint density at radius 2 is 2.22 bits per heavy atom. The fourth-order valence-electron chi connectivity index (χ4n) is 2.38. The first-order chi connectivity index (χ1) is 8.70. The third kappa shape index (κ3) is 2.53. The Labute approximate surface area is 106 Å². The molecule has 1 heterocycles. The molecular formula is C12H19N3O3. The number of nitrogens with zero attached hydrogens (tertiary/aromatic N) is 2. The molecule has 2 rings (SSSR count). The minimum Gasteiger partial charge on any atom is -0.468 e. The van der Waals surface area contributed by atoms with E-state index in [1.165, 1.54) is 7.11 Å². The number of aromatic nitrogens is 2. The molecule has 0 atom stereocenters. The molecule has 1 aromatic rings. The van der Waals surface area contributed by atoms with Gasteiger partial charge in [0.15, 0.2) is 5.82 Å². The number of aryl methyl sites for hydroxylation is 1. The van der Waals surface area contributed by atoms with Crippen molar-refractivity contribution in [1.82, 2.24) is 15.5 Å². The molecule has 0 saturated heterocycles. The van der Waals surface area contributed by atoms with E-state index < -0.39 is 5.54 Å². The van der Waals surface area contributed by atoms with Crippen LogP contribution in [0, 0.1) is 0 Å². The maximum absolute atomic E-state index is 11.9. The lowest BCUT2D eigenvalue weighted by molar-refractivity contribution is -0.148. The van der Waals surface area contributed by atoms with E-state index in [-0.39, 0.29) is 5.97 Å². The number of hydrogen-bond donors (Lipinski definition) is 1. The molecule has 0 aliphatic heterocycles. The Bertz CT molecular complexity index is 410. The molecular weight excluding hydrogens is 234 g/mol. The van der Waals surface area contributed by atoms with Crippen molar-refractivity contribution in [2.75, 3.05) is 7.11 Å². The van der Waals surface area contributed by atoms with Crippen LogP contribution in [0.4, 0.5) is 0 Å². The third-order valence-corrected chi connectivity index (χ3v) is 3.43. The van der Waals surface area contributed by atoms with Crippen molar-refractivity contribution in [1.29, 1.82) is 0 Å². The van der Waals surface area contributed by atoms with E-state index >= 15 is 0 Å². The number of carbonyl (C=O) groups is 1. The average Bonchev–Trinajstić information content (AvgIpc) is 3.05. The van der Waals surface area contributed by atoms with Crippen LogP contribution in [0.5, 0.6) is 0 Å². The van der Waals surface area contributed by atoms with Crippen LogP contribution in [-0.4, -0.2) is 28.8 Å². The summed E-state index contributed by atoms with van der Waals surface area (Å²) >= 11 is 0. The van der Waals surface area contributed by atoms with Crippen LogP contribution < -0.4 is 5.32 Å². The van der Waals surface area contributed by atoms with E-state index in [1.54, 1.807) is 0 Å². The maximum Gasteiger partial charge on any atom is 0.326 e. The maximum atomic E-state index is 11.9. The van der Waals surface area contributed by atoms with Crippen molar-refractivity contribution in [3.63, 3.8) is 0 Å². The van der Waals surface area contributed by atoms with Gasteiger partial charge in [-0.05, 0) is 12.8 Å². The molecule has 1 aliphatic rings. The molecule has 0 amide bonds. The Balaban J connectivity index is 1.99. The minimum atomic E-state index is -0.568. The zero-order valence-corrected chi connectivity index (χ0v) is 10.9. The molecule has 0 unspecified atom stereocenters. The largest absolute Gasteiger partial charge is 0.468 e. The summed E-state index contributed by atoms with van der Waals surface area (Å²) in [6.07, 6.45) is 4.40. The molecule has 6 heteroatoms. The SMILES string of the molecule is CCc1nc(CNC2(C(=O)OC)CCCC2)no1. The zero-order valence-electron chi connectivity index (χ0n) is 10.9. The number of rotatable bonds is 5. The lowest BCUT2D eigenvalue weighted by Crippen LogP contribution is -2.50. The second kappa shape index (κ2) is 5.48. The number of ether oxygens (including phenoxy) is 1. The van der Waals surface area contributed by atoms with Crippen molar-refractivity contribution in [2.24, 2.45) is 0 Å². The number of esters is 1. The van der Waals surface area contributed by atoms with Gasteiger partial charge >= 0.3 is 5.97 Å². The summed E-state index contributed by atoms with van der Waals surface area (Å²) in [5.41, 5.74) is -0.568. The predicted octanol–water partition coefficient (Wildman–Crippen LogP) is 1.21. The lowest BCUT2D eigenvalue weighted by atomic mass is 9.98. The summed E-state index contributed by atoms with van der Waals surface area (Å²) in [5.74, 6) is 1.01. The van der Waals surface area contributed by atoms with Crippen molar-refractivity contribution < 1.29 is 14.1 Å². The number of hydrogen-bond acceptors (Lipinski definition) is 6. The fourth-order valence-corrected chi connectivity index (χ4v) is 2.38. The molecule has 1 N–H and O–H groups in total. The van der Waals surface area contributed by atoms with E-state index in [4.69, 9.17) is 9.26 Å². The van der Waals surface area contributed by atoms with Crippen LogP contribution in [-0.2, 0) is 22.5 Å². The van der Waals surface area contributed by atoms with Crippen LogP contribution in [0.25, 0.3) is 0 Å². The average molecular weight is 253 g/mol. The number of methoxy groups -OCH3 is 1. The van der Waals surface area contributed by atoms with E-state index in [0.717, 1.165) is 32.1 Å². The van der Waals surface area contributed by atoms with Crippen LogP contribution in [0.2, 0.25) is 0 Å². The Morgan fingerprint density at radius 3 is 2.78 bits per heavy atom. The summed E-state index contributed by atoms with van der Waals surface area (Å²) in [6.45, 7) is 2.39. The smallest absolute Gasteiger partial charge is 0.326 e. The Morgan fingerprint density at radius 1 is 1.50 bits per heavy atom. The van der Waals surface area contributed by atoms with Crippen LogP contribution in [0.3, 0.4) is 0 Å². The van der Waals surface area contributed by atoms with Gasteiger partial charge in [0, 0.05) is 6.42 Å². The molecule has 0 bridgehead atoms. The quantitative estimate of drug-likeness (QED) is 0.795. The van der Waals surface area contributed by atoms with Crippen molar-refractivity contribution in [2.45, 2.75) is 51.1 Å². The van der Waals surface area contributed by atoms with Gasteiger partial charge < -0.3 is 9.26 Å². The molecule has 100 valence electrons. The topological polar surface area (TPSA) is 77.2 Å². The van der Waals surface area contributed by atoms with Gasteiger partial charge in [0.05, 0.1) is 13.7 Å². The van der Waals surface area contributed by atoms with Gasteiger partial charge in [0.1, 0.15) is 5.54 Å². The van der Waals surface area contributed by atoms with Crippen molar-refractivity contribution in [3.05, 3.63) is 11.7 Å². The van der Waals surface area contributed by atoms with Crippen LogP contribution in [0.15, 0.2) is 4.52 Å².